The summed E-state index contributed by atoms with van der Waals surface area (Å²) < 4.78 is 0. The van der Waals surface area contributed by atoms with Gasteiger partial charge in [-0.1, -0.05) is 116 Å². The second-order valence-electron chi connectivity index (χ2n) is 11.6. The molecule has 0 bridgehead atoms. The van der Waals surface area contributed by atoms with E-state index in [-0.39, 0.29) is 7.43 Å². The number of benzene rings is 8. The third-order valence-corrected chi connectivity index (χ3v) is 8.71. The third-order valence-electron chi connectivity index (χ3n) is 8.71. The predicted octanol–water partition coefficient (Wildman–Crippen LogP) is 12.8. The maximum absolute atomic E-state index is 2.38. The minimum absolute atomic E-state index is 0. The summed E-state index contributed by atoms with van der Waals surface area (Å²) in [6.45, 7) is 4.28. The molecule has 0 aliphatic rings. The molecular weight excluding hydrogens is 544 g/mol. The van der Waals surface area contributed by atoms with Gasteiger partial charge in [0.05, 0.1) is 11.4 Å². The molecule has 0 aliphatic heterocycles. The first-order valence-electron chi connectivity index (χ1n) is 15.2. The Balaban J connectivity index is 0.00000325. The highest BCUT2D eigenvalue weighted by Gasteiger charge is 2.21. The number of hydrogen-bond donors (Lipinski definition) is 0. The van der Waals surface area contributed by atoms with Crippen LogP contribution in [-0.2, 0) is 0 Å². The van der Waals surface area contributed by atoms with E-state index in [0.29, 0.717) is 0 Å². The molecule has 8 aromatic carbocycles. The van der Waals surface area contributed by atoms with Crippen molar-refractivity contribution in [3.8, 4) is 0 Å². The van der Waals surface area contributed by atoms with E-state index in [4.69, 9.17) is 0 Å². The third kappa shape index (κ3) is 4.85. The van der Waals surface area contributed by atoms with Gasteiger partial charge in [-0.15, -0.1) is 0 Å². The Morgan fingerprint density at radius 1 is 0.333 bits per heavy atom. The Labute approximate surface area is 265 Å². The van der Waals surface area contributed by atoms with Gasteiger partial charge in [0.25, 0.3) is 0 Å². The van der Waals surface area contributed by atoms with Crippen molar-refractivity contribution in [2.75, 3.05) is 9.80 Å². The van der Waals surface area contributed by atoms with Gasteiger partial charge >= 0.3 is 0 Å². The van der Waals surface area contributed by atoms with Gasteiger partial charge in [-0.25, -0.2) is 0 Å². The van der Waals surface area contributed by atoms with Crippen molar-refractivity contribution in [2.24, 2.45) is 0 Å². The van der Waals surface area contributed by atoms with Crippen LogP contribution in [0.1, 0.15) is 18.6 Å². The van der Waals surface area contributed by atoms with Gasteiger partial charge in [0, 0.05) is 33.5 Å². The van der Waals surface area contributed by atoms with Crippen LogP contribution < -0.4 is 9.80 Å². The molecule has 0 heterocycles. The highest BCUT2D eigenvalue weighted by molar-refractivity contribution is 6.28. The molecule has 2 heteroatoms. The van der Waals surface area contributed by atoms with Crippen molar-refractivity contribution in [2.45, 2.75) is 21.3 Å². The average molecular weight is 581 g/mol. The second-order valence-corrected chi connectivity index (χ2v) is 11.6. The van der Waals surface area contributed by atoms with Gasteiger partial charge in [-0.2, -0.15) is 0 Å². The topological polar surface area (TPSA) is 6.48 Å². The van der Waals surface area contributed by atoms with Crippen molar-refractivity contribution >= 4 is 66.4 Å². The summed E-state index contributed by atoms with van der Waals surface area (Å²) in [7, 11) is 0. The summed E-state index contributed by atoms with van der Waals surface area (Å²) in [6, 6.07) is 57.3. The molecule has 0 spiro atoms. The number of nitrogens with zero attached hydrogens (tertiary/aromatic N) is 2. The first-order valence-corrected chi connectivity index (χ1v) is 15.2. The monoisotopic (exact) mass is 580 g/mol. The zero-order chi connectivity index (χ0) is 29.6. The molecule has 0 aliphatic carbocycles. The summed E-state index contributed by atoms with van der Waals surface area (Å²) in [4.78, 5) is 4.77. The van der Waals surface area contributed by atoms with E-state index in [1.807, 2.05) is 0 Å². The Morgan fingerprint density at radius 2 is 0.667 bits per heavy atom. The summed E-state index contributed by atoms with van der Waals surface area (Å²) in [5.41, 5.74) is 9.42. The average Bonchev–Trinajstić information content (AvgIpc) is 3.07. The van der Waals surface area contributed by atoms with E-state index in [1.54, 1.807) is 0 Å². The Morgan fingerprint density at radius 3 is 1.04 bits per heavy atom. The van der Waals surface area contributed by atoms with Crippen LogP contribution in [0, 0.1) is 13.8 Å². The standard InChI is InChI=1S/C42H32N2.CH4/c1-29-13-21-35(22-14-29)43(33-9-5-3-6-10-33)39-27-19-31-18-26-38-40(28-20-32-17-25-37(39)41(31)42(32)38)44(34-11-7-4-8-12-34)36-23-15-30(2)16-24-36;/h3-28H,1-2H3;1H4. The normalized spacial score (nSPS) is 11.2. The fraction of sp³-hybridized carbons (Fsp3) is 0.0698. The fourth-order valence-corrected chi connectivity index (χ4v) is 6.56. The number of hydrogen-bond acceptors (Lipinski definition) is 2. The highest BCUT2D eigenvalue weighted by Crippen LogP contribution is 2.47. The number of aryl methyl sites for hydroxylation is 2. The van der Waals surface area contributed by atoms with Gasteiger partial charge in [0.2, 0.25) is 0 Å². The van der Waals surface area contributed by atoms with Gasteiger partial charge in [-0.3, -0.25) is 0 Å². The molecule has 0 fully saturated rings. The Kier molecular flexibility index (Phi) is 7.19. The molecule has 0 aromatic heterocycles. The van der Waals surface area contributed by atoms with Crippen LogP contribution in [0.2, 0.25) is 0 Å². The minimum Gasteiger partial charge on any atom is -0.310 e. The van der Waals surface area contributed by atoms with Crippen LogP contribution in [0.3, 0.4) is 0 Å². The fourth-order valence-electron chi connectivity index (χ4n) is 6.56. The zero-order valence-electron chi connectivity index (χ0n) is 24.9. The van der Waals surface area contributed by atoms with Crippen molar-refractivity contribution < 1.29 is 0 Å². The van der Waals surface area contributed by atoms with Crippen molar-refractivity contribution in [3.63, 3.8) is 0 Å². The molecule has 45 heavy (non-hydrogen) atoms. The lowest BCUT2D eigenvalue weighted by atomic mass is 9.91. The molecule has 0 N–H and O–H groups in total. The van der Waals surface area contributed by atoms with E-state index in [1.165, 1.54) is 54.8 Å². The Hall–Kier alpha value is -5.60. The number of para-hydroxylation sites is 2. The van der Waals surface area contributed by atoms with E-state index in [9.17, 15) is 0 Å². The van der Waals surface area contributed by atoms with Gasteiger partial charge in [0.1, 0.15) is 0 Å². The molecule has 8 aromatic rings. The van der Waals surface area contributed by atoms with Crippen LogP contribution in [0.5, 0.6) is 0 Å². The van der Waals surface area contributed by atoms with Crippen LogP contribution >= 0.6 is 0 Å². The maximum atomic E-state index is 2.38. The van der Waals surface area contributed by atoms with Crippen molar-refractivity contribution in [1.29, 1.82) is 0 Å². The predicted molar refractivity (Wildman–Crippen MR) is 196 cm³/mol. The van der Waals surface area contributed by atoms with E-state index < -0.39 is 0 Å². The molecular formula is C43H36N2. The van der Waals surface area contributed by atoms with E-state index >= 15 is 0 Å². The van der Waals surface area contributed by atoms with E-state index in [2.05, 4.69) is 181 Å². The molecule has 0 atom stereocenters. The van der Waals surface area contributed by atoms with Gasteiger partial charge in [0.15, 0.2) is 0 Å². The number of anilines is 6. The molecule has 0 amide bonds. The first kappa shape index (κ1) is 28.2. The van der Waals surface area contributed by atoms with Crippen molar-refractivity contribution in [1.82, 2.24) is 0 Å². The largest absolute Gasteiger partial charge is 0.310 e. The lowest BCUT2D eigenvalue weighted by molar-refractivity contribution is 1.29. The lowest BCUT2D eigenvalue weighted by Gasteiger charge is -2.29. The smallest absolute Gasteiger partial charge is 0.0540 e. The van der Waals surface area contributed by atoms with Crippen LogP contribution in [0.15, 0.2) is 158 Å². The SMILES string of the molecule is C.Cc1ccc(N(c2ccccc2)c2ccc3ccc4c(N(c5ccccc5)c5ccc(C)cc5)ccc5ccc2c3c54)cc1. The lowest BCUT2D eigenvalue weighted by Crippen LogP contribution is -2.11. The molecule has 0 saturated carbocycles. The molecule has 0 radical (unpaired) electrons. The van der Waals surface area contributed by atoms with Crippen LogP contribution in [0.25, 0.3) is 32.3 Å². The quantitative estimate of drug-likeness (QED) is 0.181. The molecule has 8 rings (SSSR count). The van der Waals surface area contributed by atoms with Crippen molar-refractivity contribution in [3.05, 3.63) is 169 Å². The molecule has 0 saturated heterocycles. The summed E-state index contributed by atoms with van der Waals surface area (Å²) in [6.07, 6.45) is 0. The first-order chi connectivity index (χ1) is 21.7. The Bertz CT molecular complexity index is 2060. The molecule has 218 valence electrons. The minimum atomic E-state index is 0. The molecule has 2 nitrogen and oxygen atoms in total. The van der Waals surface area contributed by atoms with Gasteiger partial charge in [-0.05, 0) is 96.1 Å². The maximum Gasteiger partial charge on any atom is 0.0540 e. The van der Waals surface area contributed by atoms with Crippen LogP contribution in [-0.4, -0.2) is 0 Å². The van der Waals surface area contributed by atoms with Crippen LogP contribution in [0.4, 0.5) is 34.1 Å². The second kappa shape index (κ2) is 11.5. The summed E-state index contributed by atoms with van der Waals surface area (Å²) in [5, 5.41) is 7.57. The zero-order valence-corrected chi connectivity index (χ0v) is 24.9. The summed E-state index contributed by atoms with van der Waals surface area (Å²) >= 11 is 0. The van der Waals surface area contributed by atoms with E-state index in [0.717, 1.165) is 22.7 Å². The van der Waals surface area contributed by atoms with Gasteiger partial charge < -0.3 is 9.80 Å². The highest BCUT2D eigenvalue weighted by atomic mass is 15.1. The molecule has 0 unspecified atom stereocenters. The summed E-state index contributed by atoms with van der Waals surface area (Å²) in [5.74, 6) is 0. The number of rotatable bonds is 6.